The Balaban J connectivity index is 2.01. The number of nitrogens with one attached hydrogen (secondary N) is 1. The van der Waals surface area contributed by atoms with E-state index in [4.69, 9.17) is 21.4 Å². The van der Waals surface area contributed by atoms with Gasteiger partial charge in [-0.15, -0.1) is 11.7 Å². The van der Waals surface area contributed by atoms with Gasteiger partial charge in [-0.3, -0.25) is 19.5 Å². The van der Waals surface area contributed by atoms with Crippen molar-refractivity contribution in [1.82, 2.24) is 10.3 Å². The van der Waals surface area contributed by atoms with Crippen LogP contribution in [-0.4, -0.2) is 34.9 Å². The predicted molar refractivity (Wildman–Crippen MR) is 135 cm³/mol. The summed E-state index contributed by atoms with van der Waals surface area (Å²) < 4.78 is 6.33. The molecular weight excluding hydrogens is 528 g/mol. The van der Waals surface area contributed by atoms with Crippen molar-refractivity contribution in [3.05, 3.63) is 69.7 Å². The Labute approximate surface area is 209 Å². The Morgan fingerprint density at radius 3 is 2.82 bits per heavy atom. The highest BCUT2D eigenvalue weighted by molar-refractivity contribution is 9.10. The van der Waals surface area contributed by atoms with Gasteiger partial charge < -0.3 is 10.1 Å². The van der Waals surface area contributed by atoms with Crippen LogP contribution in [0.2, 0.25) is 5.02 Å². The number of carbonyl (C=O) groups excluding carboxylic acids is 2. The Morgan fingerprint density at radius 2 is 2.12 bits per heavy atom. The molecule has 10 heteroatoms. The molecule has 2 heterocycles. The second kappa shape index (κ2) is 9.79. The van der Waals surface area contributed by atoms with Crippen LogP contribution < -0.4 is 15.0 Å². The molecule has 2 aromatic carbocycles. The predicted octanol–water partition coefficient (Wildman–Crippen LogP) is 5.23. The minimum Gasteiger partial charge on any atom is -0.495 e. The fraction of sp³-hybridized carbons (Fsp3) is 0.261. The third kappa shape index (κ3) is 4.25. The van der Waals surface area contributed by atoms with Gasteiger partial charge in [0.1, 0.15) is 5.75 Å². The smallest absolute Gasteiger partial charge is 0.255 e. The van der Waals surface area contributed by atoms with E-state index < -0.39 is 12.2 Å². The van der Waals surface area contributed by atoms with Crippen molar-refractivity contribution in [2.75, 3.05) is 17.8 Å². The molecule has 4 rings (SSSR count). The fourth-order valence-corrected chi connectivity index (χ4v) is 5.66. The first-order chi connectivity index (χ1) is 15.9. The average molecular weight is 550 g/mol. The van der Waals surface area contributed by atoms with E-state index in [0.29, 0.717) is 43.0 Å². The van der Waals surface area contributed by atoms with Crippen LogP contribution in [0, 0.1) is 0 Å². The normalized spacial score (nSPS) is 19.3. The maximum absolute atomic E-state index is 13.3. The van der Waals surface area contributed by atoms with Crippen molar-refractivity contribution in [3.63, 3.8) is 0 Å². The third-order valence-electron chi connectivity index (χ3n) is 5.36. The van der Waals surface area contributed by atoms with E-state index in [-0.39, 0.29) is 18.2 Å². The zero-order valence-electron chi connectivity index (χ0n) is 18.0. The van der Waals surface area contributed by atoms with Gasteiger partial charge in [-0.25, -0.2) is 0 Å². The van der Waals surface area contributed by atoms with Crippen LogP contribution in [0.25, 0.3) is 0 Å². The Bertz CT molecular complexity index is 1160. The van der Waals surface area contributed by atoms with Gasteiger partial charge in [0.15, 0.2) is 17.4 Å². The first-order valence-corrected chi connectivity index (χ1v) is 12.4. The minimum atomic E-state index is -0.757. The lowest BCUT2D eigenvalue weighted by Crippen LogP contribution is -2.55. The molecule has 0 radical (unpaired) electrons. The number of ether oxygens (including phenoxy) is 1. The molecule has 0 aromatic heterocycles. The summed E-state index contributed by atoms with van der Waals surface area (Å²) in [5.74, 6) is 0.740. The number of thioether (sulfide) groups is 1. The summed E-state index contributed by atoms with van der Waals surface area (Å²) in [5.41, 5.74) is 1.97. The van der Waals surface area contributed by atoms with Crippen molar-refractivity contribution >= 4 is 62.0 Å². The summed E-state index contributed by atoms with van der Waals surface area (Å²) in [6.45, 7) is 5.54. The molecule has 2 amide bonds. The summed E-state index contributed by atoms with van der Waals surface area (Å²) in [7, 11) is 1.55. The molecule has 1 N–H and O–H groups in total. The number of nitrogens with zero attached hydrogens (tertiary/aromatic N) is 3. The molecule has 2 atom stereocenters. The highest BCUT2D eigenvalue weighted by atomic mass is 79.9. The van der Waals surface area contributed by atoms with Crippen LogP contribution in [0.1, 0.15) is 36.7 Å². The number of carbonyl (C=O) groups is 2. The number of methoxy groups -OCH3 is 1. The maximum atomic E-state index is 13.3. The molecule has 0 spiro atoms. The van der Waals surface area contributed by atoms with Crippen LogP contribution in [0.3, 0.4) is 0 Å². The average Bonchev–Trinajstić information content (AvgIpc) is 2.80. The van der Waals surface area contributed by atoms with Crippen LogP contribution >= 0.6 is 39.3 Å². The zero-order valence-corrected chi connectivity index (χ0v) is 21.2. The molecule has 7 nitrogen and oxygen atoms in total. The lowest BCUT2D eigenvalue weighted by molar-refractivity contribution is -0.130. The number of fused-ring (bicyclic) bond motifs is 3. The molecule has 0 fully saturated rings. The van der Waals surface area contributed by atoms with Gasteiger partial charge in [-0.2, -0.15) is 0 Å². The van der Waals surface area contributed by atoms with Crippen molar-refractivity contribution < 1.29 is 14.3 Å². The molecule has 0 saturated heterocycles. The van der Waals surface area contributed by atoms with Crippen molar-refractivity contribution in [1.29, 1.82) is 0 Å². The summed E-state index contributed by atoms with van der Waals surface area (Å²) >= 11 is 11.3. The molecule has 0 bridgehead atoms. The zero-order chi connectivity index (χ0) is 23.7. The number of hydrazone groups is 1. The number of halogens is 2. The van der Waals surface area contributed by atoms with Gasteiger partial charge in [0.25, 0.3) is 5.91 Å². The molecule has 2 aromatic rings. The van der Waals surface area contributed by atoms with Gasteiger partial charge in [0.2, 0.25) is 5.91 Å². The second-order valence-electron chi connectivity index (χ2n) is 7.34. The topological polar surface area (TPSA) is 74.2 Å². The highest BCUT2D eigenvalue weighted by Crippen LogP contribution is 2.50. The lowest BCUT2D eigenvalue weighted by Gasteiger charge is -2.48. The van der Waals surface area contributed by atoms with Crippen LogP contribution in [0.5, 0.6) is 5.75 Å². The number of rotatable bonds is 5. The Kier molecular flexibility index (Phi) is 7.02. The first-order valence-electron chi connectivity index (χ1n) is 10.3. The van der Waals surface area contributed by atoms with Crippen LogP contribution in [0.15, 0.2) is 58.6 Å². The van der Waals surface area contributed by atoms with Gasteiger partial charge in [0.05, 0.1) is 17.3 Å². The highest BCUT2D eigenvalue weighted by Gasteiger charge is 2.48. The number of amides is 2. The van der Waals surface area contributed by atoms with Crippen molar-refractivity contribution in [2.45, 2.75) is 25.6 Å². The molecule has 0 saturated carbocycles. The van der Waals surface area contributed by atoms with E-state index in [9.17, 15) is 9.59 Å². The molecule has 172 valence electrons. The van der Waals surface area contributed by atoms with Gasteiger partial charge in [0, 0.05) is 28.3 Å². The van der Waals surface area contributed by atoms with Crippen molar-refractivity contribution in [2.24, 2.45) is 5.10 Å². The van der Waals surface area contributed by atoms with Gasteiger partial charge >= 0.3 is 0 Å². The monoisotopic (exact) mass is 548 g/mol. The SMILES string of the molecule is C=CCSC1=NN2[C@H](c3cc(Cl)cc(Br)c3OC)N(C(=O)CC)c3ccccc3[C@@H]2C(=O)N1. The van der Waals surface area contributed by atoms with E-state index in [1.807, 2.05) is 24.3 Å². The summed E-state index contributed by atoms with van der Waals surface area (Å²) in [4.78, 5) is 28.3. The van der Waals surface area contributed by atoms with E-state index in [0.717, 1.165) is 0 Å². The molecular formula is C23H22BrClN4O3S. The lowest BCUT2D eigenvalue weighted by atomic mass is 9.94. The van der Waals surface area contributed by atoms with Crippen molar-refractivity contribution in [3.8, 4) is 5.75 Å². The summed E-state index contributed by atoms with van der Waals surface area (Å²) in [6, 6.07) is 10.1. The Morgan fingerprint density at radius 1 is 1.36 bits per heavy atom. The number of para-hydroxylation sites is 1. The number of benzene rings is 2. The van der Waals surface area contributed by atoms with Gasteiger partial charge in [-0.1, -0.05) is 54.6 Å². The fourth-order valence-electron chi connectivity index (χ4n) is 4.06. The molecule has 33 heavy (non-hydrogen) atoms. The quantitative estimate of drug-likeness (QED) is 0.517. The van der Waals surface area contributed by atoms with Gasteiger partial charge in [-0.05, 0) is 34.1 Å². The number of amidine groups is 1. The Hall–Kier alpha value is -2.49. The number of hydrogen-bond donors (Lipinski definition) is 1. The summed E-state index contributed by atoms with van der Waals surface area (Å²) in [5, 5.41) is 10.2. The van der Waals surface area contributed by atoms with Crippen LogP contribution in [-0.2, 0) is 9.59 Å². The maximum Gasteiger partial charge on any atom is 0.255 e. The molecule has 0 unspecified atom stereocenters. The molecule has 0 aliphatic carbocycles. The van der Waals surface area contributed by atoms with E-state index in [1.165, 1.54) is 11.8 Å². The van der Waals surface area contributed by atoms with E-state index >= 15 is 0 Å². The first kappa shape index (κ1) is 23.7. The van der Waals surface area contributed by atoms with E-state index in [2.05, 4.69) is 27.8 Å². The minimum absolute atomic E-state index is 0.120. The third-order valence-corrected chi connectivity index (χ3v) is 7.03. The molecule has 2 aliphatic heterocycles. The van der Waals surface area contributed by atoms with Crippen LogP contribution in [0.4, 0.5) is 5.69 Å². The molecule has 2 aliphatic rings. The standard InChI is InChI=1S/C23H22BrClN4O3S/c1-4-10-33-23-26-21(31)19-14-8-6-7-9-17(14)28(18(30)5-2)22(29(19)27-23)15-11-13(25)12-16(24)20(15)32-3/h4,6-9,11-12,19,22H,1,5,10H2,2-3H3,(H,26,27,31)/t19-,22-/m1/s1. The second-order valence-corrected chi connectivity index (χ2v) is 9.64. The number of hydrogen-bond acceptors (Lipinski definition) is 6. The van der Waals surface area contributed by atoms with E-state index in [1.54, 1.807) is 42.2 Å². The summed E-state index contributed by atoms with van der Waals surface area (Å²) in [6.07, 6.45) is 1.24. The number of anilines is 1. The largest absolute Gasteiger partial charge is 0.495 e.